The van der Waals surface area contributed by atoms with E-state index in [-0.39, 0.29) is 50.9 Å². The summed E-state index contributed by atoms with van der Waals surface area (Å²) in [5.74, 6) is 0. The topological polar surface area (TPSA) is 60.7 Å². The minimum absolute atomic E-state index is 0. The quantitative estimate of drug-likeness (QED) is 0.538. The van der Waals surface area contributed by atoms with Crippen molar-refractivity contribution in [2.75, 3.05) is 0 Å². The van der Waals surface area contributed by atoms with E-state index in [1.54, 1.807) is 0 Å². The second kappa shape index (κ2) is 15.7. The van der Waals surface area contributed by atoms with Gasteiger partial charge < -0.3 is 15.1 Å². The van der Waals surface area contributed by atoms with Gasteiger partial charge in [0, 0.05) is 0 Å². The van der Waals surface area contributed by atoms with E-state index in [1.807, 2.05) is 0 Å². The maximum absolute atomic E-state index is 7.17. The Bertz CT molecular complexity index is 14.9. The molecule has 0 amide bonds. The van der Waals surface area contributed by atoms with Crippen LogP contribution < -0.4 is 0 Å². The van der Waals surface area contributed by atoms with Crippen LogP contribution >= 0.6 is 50.9 Å². The highest BCUT2D eigenvalue weighted by Crippen LogP contribution is 1.40. The molecule has 0 atom stereocenters. The summed E-state index contributed by atoms with van der Waals surface area (Å²) in [4.78, 5) is 0. The molecule has 48 valence electrons. The molecular formula is H6BBr3O3. The van der Waals surface area contributed by atoms with Crippen LogP contribution in [0.4, 0.5) is 0 Å². The molecule has 0 saturated heterocycles. The molecule has 0 aliphatic carbocycles. The third-order valence-electron chi connectivity index (χ3n) is 0. The molecule has 7 heteroatoms. The van der Waals surface area contributed by atoms with E-state index in [2.05, 4.69) is 0 Å². The van der Waals surface area contributed by atoms with Crippen molar-refractivity contribution in [3.05, 3.63) is 0 Å². The summed E-state index contributed by atoms with van der Waals surface area (Å²) in [6.07, 6.45) is 0. The first-order valence-electron chi connectivity index (χ1n) is 0.775. The third-order valence-corrected chi connectivity index (χ3v) is 0. The lowest BCUT2D eigenvalue weighted by Crippen LogP contribution is -2.07. The molecular weight excluding hydrogens is 299 g/mol. The summed E-state index contributed by atoms with van der Waals surface area (Å²) in [7, 11) is -2.17. The molecule has 0 unspecified atom stereocenters. The molecule has 0 rings (SSSR count). The molecule has 0 radical (unpaired) electrons. The van der Waals surface area contributed by atoms with Gasteiger partial charge in [0.1, 0.15) is 0 Å². The third kappa shape index (κ3) is 112. The van der Waals surface area contributed by atoms with E-state index < -0.39 is 7.32 Å². The zero-order valence-electron chi connectivity index (χ0n) is 3.14. The van der Waals surface area contributed by atoms with Gasteiger partial charge in [0.15, 0.2) is 0 Å². The Morgan fingerprint density at radius 1 is 0.714 bits per heavy atom. The molecule has 7 heavy (non-hydrogen) atoms. The van der Waals surface area contributed by atoms with E-state index in [0.717, 1.165) is 0 Å². The monoisotopic (exact) mass is 302 g/mol. The van der Waals surface area contributed by atoms with Gasteiger partial charge >= 0.3 is 7.32 Å². The lowest BCUT2D eigenvalue weighted by atomic mass is 10.3. The molecule has 3 nitrogen and oxygen atoms in total. The van der Waals surface area contributed by atoms with Gasteiger partial charge in [0.25, 0.3) is 0 Å². The number of hydrogen-bond donors (Lipinski definition) is 3. The summed E-state index contributed by atoms with van der Waals surface area (Å²) in [5, 5.41) is 21.5. The van der Waals surface area contributed by atoms with E-state index in [9.17, 15) is 0 Å². The molecule has 0 fully saturated rings. The van der Waals surface area contributed by atoms with Crippen LogP contribution in [0.15, 0.2) is 0 Å². The molecule has 0 aliphatic heterocycles. The van der Waals surface area contributed by atoms with Gasteiger partial charge in [-0.15, -0.1) is 50.9 Å². The normalized spacial score (nSPS) is 3.86. The fourth-order valence-corrected chi connectivity index (χ4v) is 0. The van der Waals surface area contributed by atoms with Crippen LogP contribution in [0.1, 0.15) is 0 Å². The largest absolute Gasteiger partial charge is 0.631 e. The first kappa shape index (κ1) is 23.8. The number of rotatable bonds is 0. The summed E-state index contributed by atoms with van der Waals surface area (Å²) < 4.78 is 0. The van der Waals surface area contributed by atoms with E-state index in [0.29, 0.717) is 0 Å². The second-order valence-electron chi connectivity index (χ2n) is 0.346. The van der Waals surface area contributed by atoms with Gasteiger partial charge in [0.2, 0.25) is 0 Å². The van der Waals surface area contributed by atoms with Crippen molar-refractivity contribution in [2.24, 2.45) is 0 Å². The fourth-order valence-electron chi connectivity index (χ4n) is 0. The highest BCUT2D eigenvalue weighted by atomic mass is 79.9. The van der Waals surface area contributed by atoms with Crippen LogP contribution in [-0.4, -0.2) is 22.4 Å². The first-order valence-corrected chi connectivity index (χ1v) is 0.775. The van der Waals surface area contributed by atoms with Crippen molar-refractivity contribution >= 4 is 58.3 Å². The number of halogens is 3. The van der Waals surface area contributed by atoms with Gasteiger partial charge in [-0.3, -0.25) is 0 Å². The molecule has 0 aromatic carbocycles. The maximum atomic E-state index is 7.17. The smallest absolute Gasteiger partial charge is 0.402 e. The minimum atomic E-state index is -2.17. The molecule has 0 bridgehead atoms. The number of hydrogen-bond acceptors (Lipinski definition) is 3. The Labute approximate surface area is 73.2 Å². The molecule has 0 aliphatic rings. The van der Waals surface area contributed by atoms with Crippen molar-refractivity contribution < 1.29 is 15.1 Å². The molecule has 0 heterocycles. The van der Waals surface area contributed by atoms with Gasteiger partial charge in [-0.2, -0.15) is 0 Å². The van der Waals surface area contributed by atoms with Gasteiger partial charge in [-0.1, -0.05) is 0 Å². The Hall–Kier alpha value is 1.38. The standard InChI is InChI=1S/BH3O3.3BrH/c2-1(3)4;;;/h2-4H;3*1H. The Morgan fingerprint density at radius 3 is 0.714 bits per heavy atom. The van der Waals surface area contributed by atoms with E-state index in [4.69, 9.17) is 15.1 Å². The van der Waals surface area contributed by atoms with Crippen LogP contribution in [0.2, 0.25) is 0 Å². The average Bonchev–Trinajstić information content (AvgIpc) is 0.811. The predicted molar refractivity (Wildman–Crippen MR) is 43.4 cm³/mol. The maximum Gasteiger partial charge on any atom is 0.631 e. The summed E-state index contributed by atoms with van der Waals surface area (Å²) >= 11 is 0. The van der Waals surface area contributed by atoms with Gasteiger partial charge in [-0.25, -0.2) is 0 Å². The summed E-state index contributed by atoms with van der Waals surface area (Å²) in [6, 6.07) is 0. The zero-order valence-corrected chi connectivity index (χ0v) is 8.28. The predicted octanol–water partition coefficient (Wildman–Crippen LogP) is -0.318. The van der Waals surface area contributed by atoms with Crippen molar-refractivity contribution in [3.8, 4) is 0 Å². The van der Waals surface area contributed by atoms with Crippen LogP contribution in [0.3, 0.4) is 0 Å². The van der Waals surface area contributed by atoms with Gasteiger partial charge in [-0.05, 0) is 0 Å². The zero-order chi connectivity index (χ0) is 3.58. The highest BCUT2D eigenvalue weighted by molar-refractivity contribution is 8.93. The van der Waals surface area contributed by atoms with Crippen LogP contribution in [0.25, 0.3) is 0 Å². The first-order chi connectivity index (χ1) is 1.73. The van der Waals surface area contributed by atoms with Crippen molar-refractivity contribution in [1.82, 2.24) is 0 Å². The molecule has 0 saturated carbocycles. The lowest BCUT2D eigenvalue weighted by molar-refractivity contribution is 0.278. The van der Waals surface area contributed by atoms with Crippen molar-refractivity contribution in [2.45, 2.75) is 0 Å². The van der Waals surface area contributed by atoms with Crippen molar-refractivity contribution in [1.29, 1.82) is 0 Å². The summed E-state index contributed by atoms with van der Waals surface area (Å²) in [6.45, 7) is 0. The lowest BCUT2D eigenvalue weighted by Gasteiger charge is -1.69. The SMILES string of the molecule is Br.Br.Br.OB(O)O. The molecule has 0 aromatic rings. The Kier molecular flexibility index (Phi) is 53.2. The average molecular weight is 305 g/mol. The second-order valence-corrected chi connectivity index (χ2v) is 0.346. The van der Waals surface area contributed by atoms with E-state index >= 15 is 0 Å². The molecule has 0 aromatic heterocycles. The van der Waals surface area contributed by atoms with Crippen LogP contribution in [0.5, 0.6) is 0 Å². The minimum Gasteiger partial charge on any atom is -0.402 e. The van der Waals surface area contributed by atoms with E-state index in [1.165, 1.54) is 0 Å². The van der Waals surface area contributed by atoms with Gasteiger partial charge in [0.05, 0.1) is 0 Å². The van der Waals surface area contributed by atoms with Crippen LogP contribution in [0, 0.1) is 0 Å². The van der Waals surface area contributed by atoms with Crippen molar-refractivity contribution in [3.63, 3.8) is 0 Å². The Balaban J connectivity index is -0.0000000150. The van der Waals surface area contributed by atoms with Crippen LogP contribution in [-0.2, 0) is 0 Å². The Morgan fingerprint density at radius 2 is 0.714 bits per heavy atom. The highest BCUT2D eigenvalue weighted by Gasteiger charge is 1.92. The molecule has 3 N–H and O–H groups in total. The molecule has 0 spiro atoms. The summed E-state index contributed by atoms with van der Waals surface area (Å²) in [5.41, 5.74) is 0. The fraction of sp³-hybridized carbons (Fsp3) is 0.